The van der Waals surface area contributed by atoms with Crippen LogP contribution >= 0.6 is 0 Å². The molecule has 92 valence electrons. The van der Waals surface area contributed by atoms with Crippen LogP contribution in [-0.2, 0) is 9.53 Å². The standard InChI is InChI=1S/C12H22N2O2/c1-16-12(5-3-6-12)8-11(15)14-9-10-4-2-7-13-10/h10,13H,2-9H2,1H3,(H,14,15). The van der Waals surface area contributed by atoms with Gasteiger partial charge in [-0.3, -0.25) is 4.79 Å². The van der Waals surface area contributed by atoms with Crippen LogP contribution in [0.3, 0.4) is 0 Å². The summed E-state index contributed by atoms with van der Waals surface area (Å²) in [6.07, 6.45) is 6.16. The fraction of sp³-hybridized carbons (Fsp3) is 0.917. The number of methoxy groups -OCH3 is 1. The van der Waals surface area contributed by atoms with Crippen molar-refractivity contribution < 1.29 is 9.53 Å². The predicted octanol–water partition coefficient (Wildman–Crippen LogP) is 0.814. The van der Waals surface area contributed by atoms with Crippen LogP contribution in [0.1, 0.15) is 38.5 Å². The normalized spacial score (nSPS) is 27.4. The van der Waals surface area contributed by atoms with Crippen molar-refractivity contribution in [3.05, 3.63) is 0 Å². The Morgan fingerprint density at radius 2 is 2.31 bits per heavy atom. The largest absolute Gasteiger partial charge is 0.378 e. The highest BCUT2D eigenvalue weighted by atomic mass is 16.5. The van der Waals surface area contributed by atoms with Crippen LogP contribution in [-0.4, -0.2) is 37.7 Å². The molecule has 0 bridgehead atoms. The molecule has 2 rings (SSSR count). The monoisotopic (exact) mass is 226 g/mol. The molecule has 4 heteroatoms. The van der Waals surface area contributed by atoms with E-state index in [0.29, 0.717) is 12.5 Å². The third kappa shape index (κ3) is 2.74. The maximum Gasteiger partial charge on any atom is 0.222 e. The average Bonchev–Trinajstić information content (AvgIpc) is 2.73. The first-order chi connectivity index (χ1) is 7.74. The number of ether oxygens (including phenoxy) is 1. The number of amides is 1. The summed E-state index contributed by atoms with van der Waals surface area (Å²) >= 11 is 0. The molecule has 1 atom stereocenters. The Bertz CT molecular complexity index is 240. The van der Waals surface area contributed by atoms with Crippen molar-refractivity contribution in [1.29, 1.82) is 0 Å². The van der Waals surface area contributed by atoms with E-state index in [1.807, 2.05) is 0 Å². The zero-order chi connectivity index (χ0) is 11.4. The van der Waals surface area contributed by atoms with Crippen molar-refractivity contribution in [1.82, 2.24) is 10.6 Å². The molecule has 16 heavy (non-hydrogen) atoms. The van der Waals surface area contributed by atoms with Crippen LogP contribution in [0.25, 0.3) is 0 Å². The molecule has 0 aromatic carbocycles. The molecule has 1 heterocycles. The van der Waals surface area contributed by atoms with E-state index in [4.69, 9.17) is 4.74 Å². The fourth-order valence-electron chi connectivity index (χ4n) is 2.55. The molecule has 0 aromatic rings. The molecule has 1 saturated carbocycles. The first-order valence-electron chi connectivity index (χ1n) is 6.29. The van der Waals surface area contributed by atoms with E-state index >= 15 is 0 Å². The average molecular weight is 226 g/mol. The van der Waals surface area contributed by atoms with Crippen LogP contribution in [0.15, 0.2) is 0 Å². The lowest BCUT2D eigenvalue weighted by molar-refractivity contribution is -0.134. The van der Waals surface area contributed by atoms with Gasteiger partial charge in [-0.05, 0) is 38.6 Å². The smallest absolute Gasteiger partial charge is 0.222 e. The third-order valence-electron chi connectivity index (χ3n) is 3.89. The lowest BCUT2D eigenvalue weighted by atomic mass is 9.77. The molecule has 4 nitrogen and oxygen atoms in total. The van der Waals surface area contributed by atoms with Crippen LogP contribution < -0.4 is 10.6 Å². The van der Waals surface area contributed by atoms with Gasteiger partial charge in [-0.2, -0.15) is 0 Å². The minimum Gasteiger partial charge on any atom is -0.378 e. The first-order valence-corrected chi connectivity index (χ1v) is 6.29. The van der Waals surface area contributed by atoms with E-state index in [0.717, 1.165) is 25.9 Å². The van der Waals surface area contributed by atoms with E-state index in [2.05, 4.69) is 10.6 Å². The van der Waals surface area contributed by atoms with Gasteiger partial charge in [-0.1, -0.05) is 0 Å². The van der Waals surface area contributed by atoms with Crippen LogP contribution in [0.5, 0.6) is 0 Å². The fourth-order valence-corrected chi connectivity index (χ4v) is 2.55. The van der Waals surface area contributed by atoms with Gasteiger partial charge in [0.25, 0.3) is 0 Å². The van der Waals surface area contributed by atoms with Gasteiger partial charge < -0.3 is 15.4 Å². The summed E-state index contributed by atoms with van der Waals surface area (Å²) in [5, 5.41) is 6.37. The Balaban J connectivity index is 1.67. The molecule has 1 aliphatic heterocycles. The first kappa shape index (κ1) is 11.9. The maximum absolute atomic E-state index is 11.7. The molecule has 2 N–H and O–H groups in total. The zero-order valence-corrected chi connectivity index (χ0v) is 10.1. The summed E-state index contributed by atoms with van der Waals surface area (Å²) in [5.41, 5.74) is -0.146. The summed E-state index contributed by atoms with van der Waals surface area (Å²) in [6, 6.07) is 0.476. The minimum absolute atomic E-state index is 0.134. The maximum atomic E-state index is 11.7. The highest BCUT2D eigenvalue weighted by molar-refractivity contribution is 5.77. The summed E-state index contributed by atoms with van der Waals surface area (Å²) in [5.74, 6) is 0.134. The number of carbonyl (C=O) groups excluding carboxylic acids is 1. The van der Waals surface area contributed by atoms with Crippen molar-refractivity contribution in [3.8, 4) is 0 Å². The molecule has 1 aliphatic carbocycles. The number of rotatable bonds is 5. The number of hydrogen-bond acceptors (Lipinski definition) is 3. The minimum atomic E-state index is -0.146. The molecule has 2 aliphatic rings. The summed E-state index contributed by atoms with van der Waals surface area (Å²) in [6.45, 7) is 1.85. The number of hydrogen-bond donors (Lipinski definition) is 2. The summed E-state index contributed by atoms with van der Waals surface area (Å²) < 4.78 is 5.44. The Morgan fingerprint density at radius 3 is 2.81 bits per heavy atom. The van der Waals surface area contributed by atoms with Gasteiger partial charge in [0.05, 0.1) is 12.0 Å². The second-order valence-corrected chi connectivity index (χ2v) is 5.01. The van der Waals surface area contributed by atoms with E-state index in [1.54, 1.807) is 7.11 Å². The second-order valence-electron chi connectivity index (χ2n) is 5.01. The summed E-state index contributed by atoms with van der Waals surface area (Å²) in [7, 11) is 1.71. The molecule has 1 amide bonds. The van der Waals surface area contributed by atoms with E-state index < -0.39 is 0 Å². The van der Waals surface area contributed by atoms with Gasteiger partial charge in [0.1, 0.15) is 0 Å². The van der Waals surface area contributed by atoms with Crippen molar-refractivity contribution in [3.63, 3.8) is 0 Å². The van der Waals surface area contributed by atoms with Crippen LogP contribution in [0.2, 0.25) is 0 Å². The van der Waals surface area contributed by atoms with Crippen molar-refractivity contribution in [2.24, 2.45) is 0 Å². The SMILES string of the molecule is COC1(CC(=O)NCC2CCCN2)CCC1. The lowest BCUT2D eigenvalue weighted by Gasteiger charge is -2.40. The predicted molar refractivity (Wildman–Crippen MR) is 62.2 cm³/mol. The molecule has 0 aromatic heterocycles. The van der Waals surface area contributed by atoms with Crippen LogP contribution in [0.4, 0.5) is 0 Å². The zero-order valence-electron chi connectivity index (χ0n) is 10.1. The van der Waals surface area contributed by atoms with Crippen molar-refractivity contribution in [2.75, 3.05) is 20.2 Å². The van der Waals surface area contributed by atoms with Gasteiger partial charge in [0, 0.05) is 19.7 Å². The van der Waals surface area contributed by atoms with Gasteiger partial charge in [0.2, 0.25) is 5.91 Å². The molecule has 1 unspecified atom stereocenters. The Labute approximate surface area is 97.1 Å². The molecule has 2 fully saturated rings. The Hall–Kier alpha value is -0.610. The molecular weight excluding hydrogens is 204 g/mol. The second kappa shape index (κ2) is 5.15. The topological polar surface area (TPSA) is 50.4 Å². The quantitative estimate of drug-likeness (QED) is 0.729. The van der Waals surface area contributed by atoms with Gasteiger partial charge in [-0.25, -0.2) is 0 Å². The van der Waals surface area contributed by atoms with Crippen molar-refractivity contribution >= 4 is 5.91 Å². The van der Waals surface area contributed by atoms with Crippen molar-refractivity contribution in [2.45, 2.75) is 50.2 Å². The Morgan fingerprint density at radius 1 is 1.50 bits per heavy atom. The third-order valence-corrected chi connectivity index (χ3v) is 3.89. The highest BCUT2D eigenvalue weighted by Crippen LogP contribution is 2.37. The van der Waals surface area contributed by atoms with Gasteiger partial charge >= 0.3 is 0 Å². The summed E-state index contributed by atoms with van der Waals surface area (Å²) in [4.78, 5) is 11.7. The molecular formula is C12H22N2O2. The highest BCUT2D eigenvalue weighted by Gasteiger charge is 2.38. The van der Waals surface area contributed by atoms with E-state index in [1.165, 1.54) is 19.3 Å². The molecule has 1 saturated heterocycles. The van der Waals surface area contributed by atoms with Gasteiger partial charge in [-0.15, -0.1) is 0 Å². The number of carbonyl (C=O) groups is 1. The molecule has 0 spiro atoms. The van der Waals surface area contributed by atoms with E-state index in [9.17, 15) is 4.79 Å². The van der Waals surface area contributed by atoms with Gasteiger partial charge in [0.15, 0.2) is 0 Å². The number of nitrogens with one attached hydrogen (secondary N) is 2. The lowest BCUT2D eigenvalue weighted by Crippen LogP contribution is -2.45. The molecule has 0 radical (unpaired) electrons. The van der Waals surface area contributed by atoms with Crippen LogP contribution in [0, 0.1) is 0 Å². The van der Waals surface area contributed by atoms with E-state index in [-0.39, 0.29) is 11.5 Å². The Kier molecular flexibility index (Phi) is 3.82.